The van der Waals surface area contributed by atoms with Gasteiger partial charge in [0.05, 0.1) is 0 Å². The molecule has 0 fully saturated rings. The molecule has 0 spiro atoms. The smallest absolute Gasteiger partial charge is 0.262 e. The molecule has 0 aromatic carbocycles. The van der Waals surface area contributed by atoms with Gasteiger partial charge in [-0.2, -0.15) is 0 Å². The average molecular weight is 205 g/mol. The maximum Gasteiger partial charge on any atom is 0.262 e. The number of hydrogen-bond donors (Lipinski definition) is 2. The van der Waals surface area contributed by atoms with Gasteiger partial charge in [0.2, 0.25) is 0 Å². The molecule has 1 rings (SSSR count). The van der Waals surface area contributed by atoms with Crippen LogP contribution in [-0.4, -0.2) is 9.79 Å². The number of hydrogen-bond acceptors (Lipinski definition) is 2. The SMILES string of the molecule is Cc1cc[n+](C)cc1.O=P([O-])(O)O. The molecule has 2 N–H and O–H groups in total. The normalized spacial score (nSPS) is 10.2. The molecule has 74 valence electrons. The number of aromatic nitrogens is 1. The van der Waals surface area contributed by atoms with Gasteiger partial charge in [-0.15, -0.1) is 0 Å². The van der Waals surface area contributed by atoms with E-state index in [9.17, 15) is 0 Å². The maximum atomic E-state index is 8.77. The number of aryl methyl sites for hydroxylation is 2. The van der Waals surface area contributed by atoms with Gasteiger partial charge in [-0.05, 0) is 12.5 Å². The predicted molar refractivity (Wildman–Crippen MR) is 44.4 cm³/mol. The Labute approximate surface area is 76.5 Å². The van der Waals surface area contributed by atoms with E-state index in [2.05, 4.69) is 19.1 Å². The van der Waals surface area contributed by atoms with Gasteiger partial charge >= 0.3 is 0 Å². The molecule has 0 saturated carbocycles. The Kier molecular flexibility index (Phi) is 4.80. The zero-order chi connectivity index (χ0) is 10.5. The number of phosphoric acid groups is 1. The molecule has 13 heavy (non-hydrogen) atoms. The van der Waals surface area contributed by atoms with E-state index < -0.39 is 7.82 Å². The van der Waals surface area contributed by atoms with Crippen LogP contribution in [0.5, 0.6) is 0 Å². The first-order valence-corrected chi connectivity index (χ1v) is 5.00. The van der Waals surface area contributed by atoms with E-state index in [0.717, 1.165) is 0 Å². The van der Waals surface area contributed by atoms with Crippen LogP contribution in [0.1, 0.15) is 5.56 Å². The van der Waals surface area contributed by atoms with Gasteiger partial charge in [0.15, 0.2) is 12.4 Å². The van der Waals surface area contributed by atoms with E-state index in [4.69, 9.17) is 19.2 Å². The Bertz CT molecular complexity index is 263. The lowest BCUT2D eigenvalue weighted by Gasteiger charge is -2.01. The molecule has 6 heteroatoms. The van der Waals surface area contributed by atoms with Crippen molar-refractivity contribution in [3.8, 4) is 0 Å². The van der Waals surface area contributed by atoms with Crippen molar-refractivity contribution in [2.24, 2.45) is 7.05 Å². The summed E-state index contributed by atoms with van der Waals surface area (Å²) in [4.78, 5) is 22.9. The second-order valence-corrected chi connectivity index (χ2v) is 3.51. The topological polar surface area (TPSA) is 84.5 Å². The second-order valence-electron chi connectivity index (χ2n) is 2.53. The second kappa shape index (κ2) is 5.09. The summed E-state index contributed by atoms with van der Waals surface area (Å²) in [7, 11) is -2.88. The van der Waals surface area contributed by atoms with Gasteiger partial charge in [-0.1, -0.05) is 0 Å². The highest BCUT2D eigenvalue weighted by Crippen LogP contribution is 2.18. The highest BCUT2D eigenvalue weighted by Gasteiger charge is 1.85. The third-order valence-electron chi connectivity index (χ3n) is 1.15. The minimum absolute atomic E-state index is 1.31. The molecule has 1 aromatic heterocycles. The van der Waals surface area contributed by atoms with E-state index in [0.29, 0.717) is 0 Å². The van der Waals surface area contributed by atoms with Crippen molar-refractivity contribution >= 4 is 7.82 Å². The Morgan fingerprint density at radius 1 is 1.38 bits per heavy atom. The summed E-state index contributed by atoms with van der Waals surface area (Å²) in [5.74, 6) is 0. The van der Waals surface area contributed by atoms with E-state index in [-0.39, 0.29) is 0 Å². The minimum Gasteiger partial charge on any atom is -0.756 e. The third kappa shape index (κ3) is 11.3. The van der Waals surface area contributed by atoms with Crippen LogP contribution in [0.4, 0.5) is 0 Å². The van der Waals surface area contributed by atoms with Crippen molar-refractivity contribution in [3.05, 3.63) is 30.1 Å². The van der Waals surface area contributed by atoms with E-state index in [1.807, 2.05) is 24.0 Å². The van der Waals surface area contributed by atoms with Gasteiger partial charge in [0, 0.05) is 12.1 Å². The van der Waals surface area contributed by atoms with Crippen molar-refractivity contribution in [1.29, 1.82) is 0 Å². The summed E-state index contributed by atoms with van der Waals surface area (Å²) in [5.41, 5.74) is 1.31. The molecule has 1 aromatic rings. The molecular weight excluding hydrogens is 193 g/mol. The molecule has 0 saturated heterocycles. The Morgan fingerprint density at radius 2 is 1.69 bits per heavy atom. The molecular formula is C7H12NO4P. The van der Waals surface area contributed by atoms with E-state index >= 15 is 0 Å². The Hall–Kier alpha value is -0.740. The summed E-state index contributed by atoms with van der Waals surface area (Å²) < 4.78 is 10.8. The van der Waals surface area contributed by atoms with E-state index in [1.54, 1.807) is 0 Å². The molecule has 0 radical (unpaired) electrons. The van der Waals surface area contributed by atoms with Crippen LogP contribution in [0.3, 0.4) is 0 Å². The van der Waals surface area contributed by atoms with Gasteiger partial charge in [-0.3, -0.25) is 4.57 Å². The van der Waals surface area contributed by atoms with Crippen molar-refractivity contribution in [1.82, 2.24) is 0 Å². The van der Waals surface area contributed by atoms with Crippen molar-refractivity contribution in [2.45, 2.75) is 6.92 Å². The number of rotatable bonds is 0. The zero-order valence-corrected chi connectivity index (χ0v) is 8.31. The lowest BCUT2D eigenvalue weighted by molar-refractivity contribution is -0.671. The van der Waals surface area contributed by atoms with Crippen LogP contribution >= 0.6 is 7.82 Å². The molecule has 0 aliphatic rings. The maximum absolute atomic E-state index is 8.77. The summed E-state index contributed by atoms with van der Waals surface area (Å²) in [6, 6.07) is 4.17. The Balaban J connectivity index is 0.000000252. The van der Waals surface area contributed by atoms with Crippen LogP contribution in [0.25, 0.3) is 0 Å². The van der Waals surface area contributed by atoms with Gasteiger partial charge in [0.25, 0.3) is 7.82 Å². The number of nitrogens with zero attached hydrogens (tertiary/aromatic N) is 1. The van der Waals surface area contributed by atoms with Crippen molar-refractivity contribution in [3.63, 3.8) is 0 Å². The first-order valence-electron chi connectivity index (χ1n) is 3.47. The van der Waals surface area contributed by atoms with E-state index in [1.165, 1.54) is 5.56 Å². The lowest BCUT2D eigenvalue weighted by Crippen LogP contribution is -2.25. The Morgan fingerprint density at radius 3 is 1.92 bits per heavy atom. The highest BCUT2D eigenvalue weighted by molar-refractivity contribution is 7.43. The molecule has 0 bridgehead atoms. The minimum atomic E-state index is -4.89. The van der Waals surface area contributed by atoms with Crippen LogP contribution in [0.15, 0.2) is 24.5 Å². The monoisotopic (exact) mass is 205 g/mol. The van der Waals surface area contributed by atoms with Crippen molar-refractivity contribution in [2.75, 3.05) is 0 Å². The summed E-state index contributed by atoms with van der Waals surface area (Å²) >= 11 is 0. The molecule has 0 aliphatic heterocycles. The lowest BCUT2D eigenvalue weighted by atomic mass is 10.3. The molecule has 5 nitrogen and oxygen atoms in total. The molecule has 0 amide bonds. The van der Waals surface area contributed by atoms with Crippen LogP contribution in [0, 0.1) is 6.92 Å². The summed E-state index contributed by atoms with van der Waals surface area (Å²) in [5, 5.41) is 0. The first kappa shape index (κ1) is 12.3. The van der Waals surface area contributed by atoms with Gasteiger partial charge in [0.1, 0.15) is 7.05 Å². The quantitative estimate of drug-likeness (QED) is 0.431. The first-order chi connectivity index (χ1) is 5.79. The fraction of sp³-hybridized carbons (Fsp3) is 0.286. The summed E-state index contributed by atoms with van der Waals surface area (Å²) in [6.07, 6.45) is 4.07. The highest BCUT2D eigenvalue weighted by atomic mass is 31.2. The largest absolute Gasteiger partial charge is 0.756 e. The predicted octanol–water partition coefficient (Wildman–Crippen LogP) is -0.741. The average Bonchev–Trinajstić information content (AvgIpc) is 1.92. The van der Waals surface area contributed by atoms with Crippen LogP contribution in [-0.2, 0) is 11.6 Å². The molecule has 0 unspecified atom stereocenters. The zero-order valence-electron chi connectivity index (χ0n) is 7.41. The molecule has 0 atom stereocenters. The molecule has 0 aliphatic carbocycles. The van der Waals surface area contributed by atoms with Crippen molar-refractivity contribution < 1.29 is 23.8 Å². The third-order valence-corrected chi connectivity index (χ3v) is 1.15. The number of pyridine rings is 1. The standard InChI is InChI=1S/C7H10N.H3O4P/c1-7-3-5-8(2)6-4-7;1-5(2,3)4/h3-6H,1-2H3;(H3,1,2,3,4)/q+1;/p-1. The van der Waals surface area contributed by atoms with Crippen LogP contribution < -0.4 is 9.46 Å². The fourth-order valence-corrected chi connectivity index (χ4v) is 0.576. The van der Waals surface area contributed by atoms with Crippen LogP contribution in [0.2, 0.25) is 0 Å². The fourth-order valence-electron chi connectivity index (χ4n) is 0.576. The summed E-state index contributed by atoms with van der Waals surface area (Å²) in [6.45, 7) is 2.08. The van der Waals surface area contributed by atoms with Gasteiger partial charge < -0.3 is 14.7 Å². The van der Waals surface area contributed by atoms with Gasteiger partial charge in [-0.25, -0.2) is 4.57 Å². The molecule has 1 heterocycles.